The van der Waals surface area contributed by atoms with E-state index in [1.165, 1.54) is 135 Å². The number of hydrogen-bond donors (Lipinski definition) is 0. The van der Waals surface area contributed by atoms with Gasteiger partial charge in [0.25, 0.3) is 0 Å². The molecule has 0 aromatic rings. The zero-order valence-electron chi connectivity index (χ0n) is 63.7. The summed E-state index contributed by atoms with van der Waals surface area (Å²) in [5.41, 5.74) is 3.70. The number of rotatable bonds is 7. The van der Waals surface area contributed by atoms with Gasteiger partial charge in [0, 0.05) is 0 Å². The Hall–Kier alpha value is 0. The van der Waals surface area contributed by atoms with E-state index in [-0.39, 0.29) is 0 Å². The SMILES string of the molecule is CC(C)(C)C(C)(C)C.CC(C)C(C)(C)C.CC(C)C(C)(C)C.CC1(C)CCCC1.CC1CCC(C)C1.CC1CCCCC1.CC1CCC[C@H]1C.CCC(C)(C)CC.CCC(C)C(C)C.CCCC(C)(C)C.CC[C@H](C)C(C)C. The summed E-state index contributed by atoms with van der Waals surface area (Å²) in [6.07, 6.45) is 30.0. The molecule has 0 aliphatic heterocycles. The van der Waals surface area contributed by atoms with Crippen molar-refractivity contribution in [1.82, 2.24) is 0 Å². The Bertz CT molecular complexity index is 1110. The first-order chi connectivity index (χ1) is 34.9. The first kappa shape index (κ1) is 91.7. The largest absolute Gasteiger partial charge is 0.0654 e. The zero-order chi connectivity index (χ0) is 63.7. The summed E-state index contributed by atoms with van der Waals surface area (Å²) in [4.78, 5) is 0. The van der Waals surface area contributed by atoms with Crippen LogP contribution in [0.25, 0.3) is 0 Å². The van der Waals surface area contributed by atoms with Crippen molar-refractivity contribution in [2.45, 2.75) is 405 Å². The van der Waals surface area contributed by atoms with Crippen LogP contribution in [0.3, 0.4) is 0 Å². The summed E-state index contributed by atoms with van der Waals surface area (Å²) in [5, 5.41) is 0. The van der Waals surface area contributed by atoms with Crippen LogP contribution >= 0.6 is 0 Å². The maximum atomic E-state index is 2.36. The summed E-state index contributed by atoms with van der Waals surface area (Å²) in [6.45, 7) is 89.0. The predicted octanol–water partition coefficient (Wildman–Crippen LogP) is 29.6. The Balaban J connectivity index is -0.000000142. The first-order valence-corrected chi connectivity index (χ1v) is 34.9. The highest BCUT2D eigenvalue weighted by Crippen LogP contribution is 2.37. The fourth-order valence-corrected chi connectivity index (χ4v) is 7.40. The van der Waals surface area contributed by atoms with E-state index in [1.807, 2.05) is 0 Å². The highest BCUT2D eigenvalue weighted by Gasteiger charge is 2.27. The molecule has 482 valence electrons. The van der Waals surface area contributed by atoms with Gasteiger partial charge in [-0.05, 0) is 129 Å². The van der Waals surface area contributed by atoms with Crippen LogP contribution in [0.5, 0.6) is 0 Å². The Morgan fingerprint density at radius 1 is 0.385 bits per heavy atom. The molecular formula is C78H170. The third-order valence-electron chi connectivity index (χ3n) is 20.3. The molecule has 4 rings (SSSR count). The molecule has 4 aliphatic rings. The molecule has 0 aromatic heterocycles. The van der Waals surface area contributed by atoms with Gasteiger partial charge in [-0.25, -0.2) is 0 Å². The third-order valence-corrected chi connectivity index (χ3v) is 20.3. The second-order valence-corrected chi connectivity index (χ2v) is 35.0. The van der Waals surface area contributed by atoms with Gasteiger partial charge in [-0.2, -0.15) is 0 Å². The Morgan fingerprint density at radius 3 is 0.744 bits per heavy atom. The van der Waals surface area contributed by atoms with Crippen molar-refractivity contribution in [3.8, 4) is 0 Å². The molecule has 0 nitrogen and oxygen atoms in total. The van der Waals surface area contributed by atoms with Crippen LogP contribution in [0.4, 0.5) is 0 Å². The summed E-state index contributed by atoms with van der Waals surface area (Å²) < 4.78 is 0. The lowest BCUT2D eigenvalue weighted by Gasteiger charge is -2.34. The number of hydrogen-bond acceptors (Lipinski definition) is 0. The van der Waals surface area contributed by atoms with Crippen LogP contribution < -0.4 is 0 Å². The van der Waals surface area contributed by atoms with Gasteiger partial charge in [0.2, 0.25) is 0 Å². The van der Waals surface area contributed by atoms with Gasteiger partial charge in [0.05, 0.1) is 0 Å². The van der Waals surface area contributed by atoms with E-state index in [2.05, 4.69) is 270 Å². The molecule has 0 spiro atoms. The molecule has 4 unspecified atom stereocenters. The lowest BCUT2D eigenvalue weighted by molar-refractivity contribution is 0.157. The molecule has 6 atom stereocenters. The molecular weight excluding hydrogens is 937 g/mol. The monoisotopic (exact) mass is 1110 g/mol. The molecule has 4 saturated carbocycles. The molecule has 0 heteroatoms. The van der Waals surface area contributed by atoms with Crippen molar-refractivity contribution in [1.29, 1.82) is 0 Å². The summed E-state index contributed by atoms with van der Waals surface area (Å²) in [6, 6.07) is 0. The lowest BCUT2D eigenvalue weighted by atomic mass is 9.71. The summed E-state index contributed by atoms with van der Waals surface area (Å²) in [5.74, 6) is 10.2. The maximum Gasteiger partial charge on any atom is -0.0334 e. The van der Waals surface area contributed by atoms with Crippen molar-refractivity contribution >= 4 is 0 Å². The molecule has 0 N–H and O–H groups in total. The van der Waals surface area contributed by atoms with Crippen molar-refractivity contribution in [3.63, 3.8) is 0 Å². The van der Waals surface area contributed by atoms with E-state index < -0.39 is 0 Å². The smallest absolute Gasteiger partial charge is 0.0334 e. The molecule has 0 amide bonds. The van der Waals surface area contributed by atoms with Gasteiger partial charge < -0.3 is 0 Å². The highest BCUT2D eigenvalue weighted by molar-refractivity contribution is 4.77. The maximum absolute atomic E-state index is 2.36. The van der Waals surface area contributed by atoms with Crippen LogP contribution in [-0.4, -0.2) is 0 Å². The molecule has 0 radical (unpaired) electrons. The Morgan fingerprint density at radius 2 is 0.679 bits per heavy atom. The second kappa shape index (κ2) is 48.3. The van der Waals surface area contributed by atoms with Crippen LogP contribution in [0, 0.1) is 103 Å². The second-order valence-electron chi connectivity index (χ2n) is 35.0. The van der Waals surface area contributed by atoms with E-state index in [0.717, 1.165) is 65.1 Å². The van der Waals surface area contributed by atoms with Crippen molar-refractivity contribution in [3.05, 3.63) is 0 Å². The minimum absolute atomic E-state index is 0.437. The van der Waals surface area contributed by atoms with E-state index >= 15 is 0 Å². The zero-order valence-corrected chi connectivity index (χ0v) is 63.7. The van der Waals surface area contributed by atoms with Gasteiger partial charge in [0.1, 0.15) is 0 Å². The minimum atomic E-state index is 0.437. The third kappa shape index (κ3) is 68.5. The summed E-state index contributed by atoms with van der Waals surface area (Å²) >= 11 is 0. The molecule has 0 bridgehead atoms. The average molecular weight is 1110 g/mol. The Labute approximate surface area is 505 Å². The van der Waals surface area contributed by atoms with E-state index in [1.54, 1.807) is 0 Å². The fraction of sp³-hybridized carbons (Fsp3) is 1.00. The van der Waals surface area contributed by atoms with E-state index in [9.17, 15) is 0 Å². The molecule has 78 heavy (non-hydrogen) atoms. The normalized spacial score (nSPS) is 21.0. The minimum Gasteiger partial charge on any atom is -0.0654 e. The molecule has 0 saturated heterocycles. The fourth-order valence-electron chi connectivity index (χ4n) is 7.40. The van der Waals surface area contributed by atoms with Crippen molar-refractivity contribution in [2.75, 3.05) is 0 Å². The van der Waals surface area contributed by atoms with Gasteiger partial charge in [-0.3, -0.25) is 0 Å². The molecule has 0 heterocycles. The quantitative estimate of drug-likeness (QED) is 0.238. The molecule has 4 aliphatic carbocycles. The standard InChI is InChI=1S/C8H18.4C7H14.6C7H16/c1-7(2,3)8(4,5)6;1-6-3-4-7(2)5-6;1-7(2)5-3-4-6-7;1-6-4-3-5-7(6)2;1-7-5-3-2-4-6-7;2*1-6(2)7(3,4)5;1-5-6-7(2,3)4;1-5-7(3,4)6-2;2*1-5-7(4)6(2)3/h1-6H3;6-7H,3-5H2,1-2H3;3-6H2,1-2H3;6-7H,3-5H2,1-2H3;7H,2-6H2,1H3;2*6H,1-5H3;2*5-6H2,1-4H3;2*6-7H,5H2,1-4H3/t;;;6-,7?;;;;;;7-;/m...1.....0./s1. The van der Waals surface area contributed by atoms with Crippen LogP contribution in [0.15, 0.2) is 0 Å². The topological polar surface area (TPSA) is 0 Å². The van der Waals surface area contributed by atoms with E-state index in [4.69, 9.17) is 0 Å². The summed E-state index contributed by atoms with van der Waals surface area (Å²) in [7, 11) is 0. The molecule has 4 fully saturated rings. The van der Waals surface area contributed by atoms with Gasteiger partial charge in [-0.15, -0.1) is 0 Å². The van der Waals surface area contributed by atoms with Crippen LogP contribution in [-0.2, 0) is 0 Å². The highest BCUT2D eigenvalue weighted by atomic mass is 14.3. The predicted molar refractivity (Wildman–Crippen MR) is 374 cm³/mol. The van der Waals surface area contributed by atoms with Gasteiger partial charge in [-0.1, -0.05) is 379 Å². The van der Waals surface area contributed by atoms with Crippen LogP contribution in [0.1, 0.15) is 405 Å². The molecule has 0 aromatic carbocycles. The average Bonchev–Trinajstić information content (AvgIpc) is 4.01. The lowest BCUT2D eigenvalue weighted by Crippen LogP contribution is -2.25. The first-order valence-electron chi connectivity index (χ1n) is 34.9. The van der Waals surface area contributed by atoms with Crippen LogP contribution in [0.2, 0.25) is 0 Å². The van der Waals surface area contributed by atoms with Gasteiger partial charge >= 0.3 is 0 Å². The van der Waals surface area contributed by atoms with Crippen molar-refractivity contribution < 1.29 is 0 Å². The Kier molecular flexibility index (Phi) is 56.8. The van der Waals surface area contributed by atoms with Gasteiger partial charge in [0.15, 0.2) is 0 Å². The van der Waals surface area contributed by atoms with Crippen molar-refractivity contribution in [2.24, 2.45) is 103 Å². The van der Waals surface area contributed by atoms with E-state index in [0.29, 0.717) is 37.9 Å².